The summed E-state index contributed by atoms with van der Waals surface area (Å²) in [4.78, 5) is 34.7. The van der Waals surface area contributed by atoms with Crippen LogP contribution in [0, 0.1) is 11.8 Å². The summed E-state index contributed by atoms with van der Waals surface area (Å²) >= 11 is 0. The average Bonchev–Trinajstić information content (AvgIpc) is 2.76. The molecule has 0 amide bonds. The third-order valence-electron chi connectivity index (χ3n) is 5.70. The number of hydrogen-bond acceptors (Lipinski definition) is 7. The first-order valence-electron chi connectivity index (χ1n) is 11.1. The van der Waals surface area contributed by atoms with Crippen LogP contribution in [0.4, 0.5) is 0 Å². The van der Waals surface area contributed by atoms with E-state index in [9.17, 15) is 14.4 Å². The molecule has 0 aliphatic carbocycles. The second-order valence-corrected chi connectivity index (χ2v) is 8.20. The number of carbonyl (C=O) groups excluding carboxylic acids is 3. The number of benzene rings is 1. The molecule has 0 aromatic heterocycles. The monoisotopic (exact) mass is 446 g/mol. The van der Waals surface area contributed by atoms with Gasteiger partial charge in [-0.2, -0.15) is 0 Å². The Balaban J connectivity index is 1.81. The van der Waals surface area contributed by atoms with Crippen molar-refractivity contribution in [2.45, 2.75) is 71.9 Å². The molecule has 7 nitrogen and oxygen atoms in total. The SMILES string of the molecule is CC(=O)OCC1O[C@H](CC=CCCC(=O)OCc2ccccc2)C(C)[C@@H](C)[C@H]1OC(C)=O. The average molecular weight is 447 g/mol. The van der Waals surface area contributed by atoms with Gasteiger partial charge in [0, 0.05) is 26.2 Å². The van der Waals surface area contributed by atoms with Crippen molar-refractivity contribution >= 4 is 17.9 Å². The molecule has 1 aromatic carbocycles. The van der Waals surface area contributed by atoms with E-state index in [1.54, 1.807) is 0 Å². The lowest BCUT2D eigenvalue weighted by atomic mass is 9.80. The van der Waals surface area contributed by atoms with Gasteiger partial charge >= 0.3 is 17.9 Å². The summed E-state index contributed by atoms with van der Waals surface area (Å²) in [5.41, 5.74) is 0.962. The first-order valence-corrected chi connectivity index (χ1v) is 11.1. The summed E-state index contributed by atoms with van der Waals surface area (Å²) in [6, 6.07) is 9.57. The normalized spacial score (nSPS) is 25.3. The van der Waals surface area contributed by atoms with Gasteiger partial charge in [-0.3, -0.25) is 14.4 Å². The largest absolute Gasteiger partial charge is 0.463 e. The second-order valence-electron chi connectivity index (χ2n) is 8.20. The van der Waals surface area contributed by atoms with Crippen LogP contribution in [0.2, 0.25) is 0 Å². The summed E-state index contributed by atoms with van der Waals surface area (Å²) in [7, 11) is 0. The molecular formula is C25H34O7. The highest BCUT2D eigenvalue weighted by Gasteiger charge is 2.43. The van der Waals surface area contributed by atoms with Gasteiger partial charge in [-0.05, 0) is 24.3 Å². The zero-order valence-corrected chi connectivity index (χ0v) is 19.3. The van der Waals surface area contributed by atoms with Gasteiger partial charge in [0.15, 0.2) is 0 Å². The Hall–Kier alpha value is -2.67. The van der Waals surface area contributed by atoms with Gasteiger partial charge in [0.1, 0.15) is 25.4 Å². The Kier molecular flexibility index (Phi) is 10.4. The highest BCUT2D eigenvalue weighted by atomic mass is 16.6. The topological polar surface area (TPSA) is 88.1 Å². The fourth-order valence-electron chi connectivity index (χ4n) is 3.74. The van der Waals surface area contributed by atoms with Crippen LogP contribution < -0.4 is 0 Å². The summed E-state index contributed by atoms with van der Waals surface area (Å²) in [5, 5.41) is 0. The number of carbonyl (C=O) groups is 3. The number of ether oxygens (including phenoxy) is 4. The molecule has 1 aliphatic rings. The Morgan fingerprint density at radius 2 is 1.66 bits per heavy atom. The fourth-order valence-corrected chi connectivity index (χ4v) is 3.74. The molecular weight excluding hydrogens is 412 g/mol. The first kappa shape index (κ1) is 25.6. The molecule has 1 saturated heterocycles. The molecule has 5 atom stereocenters. The van der Waals surface area contributed by atoms with E-state index in [1.807, 2.05) is 49.4 Å². The molecule has 0 saturated carbocycles. The molecule has 1 fully saturated rings. The van der Waals surface area contributed by atoms with E-state index in [0.29, 0.717) is 19.3 Å². The first-order chi connectivity index (χ1) is 15.3. The number of allylic oxidation sites excluding steroid dienone is 1. The summed E-state index contributed by atoms with van der Waals surface area (Å²) < 4.78 is 22.0. The van der Waals surface area contributed by atoms with E-state index in [0.717, 1.165) is 5.56 Å². The fraction of sp³-hybridized carbons (Fsp3) is 0.560. The van der Waals surface area contributed by atoms with E-state index < -0.39 is 18.2 Å². The Morgan fingerprint density at radius 1 is 0.938 bits per heavy atom. The highest BCUT2D eigenvalue weighted by Crippen LogP contribution is 2.34. The van der Waals surface area contributed by atoms with Gasteiger partial charge in [-0.1, -0.05) is 56.3 Å². The smallest absolute Gasteiger partial charge is 0.306 e. The van der Waals surface area contributed by atoms with E-state index in [2.05, 4.69) is 6.92 Å². The molecule has 1 heterocycles. The molecule has 0 N–H and O–H groups in total. The Bertz CT molecular complexity index is 774. The van der Waals surface area contributed by atoms with Gasteiger partial charge in [0.25, 0.3) is 0 Å². The summed E-state index contributed by atoms with van der Waals surface area (Å²) in [6.07, 6.45) is 4.38. The highest BCUT2D eigenvalue weighted by molar-refractivity contribution is 5.69. The lowest BCUT2D eigenvalue weighted by Crippen LogP contribution is -2.52. The maximum Gasteiger partial charge on any atom is 0.306 e. The van der Waals surface area contributed by atoms with Crippen molar-refractivity contribution in [1.82, 2.24) is 0 Å². The zero-order chi connectivity index (χ0) is 23.5. The van der Waals surface area contributed by atoms with E-state index in [-0.39, 0.29) is 43.1 Å². The van der Waals surface area contributed by atoms with Crippen LogP contribution in [0.5, 0.6) is 0 Å². The van der Waals surface area contributed by atoms with Gasteiger partial charge < -0.3 is 18.9 Å². The van der Waals surface area contributed by atoms with Crippen LogP contribution in [0.1, 0.15) is 52.5 Å². The molecule has 1 aliphatic heterocycles. The molecule has 2 unspecified atom stereocenters. The Labute approximate surface area is 190 Å². The van der Waals surface area contributed by atoms with Gasteiger partial charge in [-0.25, -0.2) is 0 Å². The van der Waals surface area contributed by atoms with Crippen LogP contribution in [0.25, 0.3) is 0 Å². The van der Waals surface area contributed by atoms with Crippen molar-refractivity contribution in [1.29, 1.82) is 0 Å². The molecule has 7 heteroatoms. The van der Waals surface area contributed by atoms with Crippen molar-refractivity contribution in [3.8, 4) is 0 Å². The van der Waals surface area contributed by atoms with Gasteiger partial charge in [0.05, 0.1) is 6.10 Å². The third kappa shape index (κ3) is 8.46. The van der Waals surface area contributed by atoms with Crippen molar-refractivity contribution < 1.29 is 33.3 Å². The Morgan fingerprint density at radius 3 is 2.31 bits per heavy atom. The van der Waals surface area contributed by atoms with Crippen molar-refractivity contribution in [3.63, 3.8) is 0 Å². The molecule has 0 spiro atoms. The second kappa shape index (κ2) is 13.0. The van der Waals surface area contributed by atoms with Crippen molar-refractivity contribution in [2.24, 2.45) is 11.8 Å². The van der Waals surface area contributed by atoms with Crippen molar-refractivity contribution in [2.75, 3.05) is 6.61 Å². The molecule has 1 aromatic rings. The minimum absolute atomic E-state index is 0.0395. The quantitative estimate of drug-likeness (QED) is 0.305. The zero-order valence-electron chi connectivity index (χ0n) is 19.3. The lowest BCUT2D eigenvalue weighted by molar-refractivity contribution is -0.204. The van der Waals surface area contributed by atoms with E-state index in [4.69, 9.17) is 18.9 Å². The van der Waals surface area contributed by atoms with Crippen molar-refractivity contribution in [3.05, 3.63) is 48.0 Å². The molecule has 176 valence electrons. The van der Waals surface area contributed by atoms with Crippen LogP contribution in [0.15, 0.2) is 42.5 Å². The third-order valence-corrected chi connectivity index (χ3v) is 5.70. The molecule has 32 heavy (non-hydrogen) atoms. The predicted molar refractivity (Wildman–Crippen MR) is 118 cm³/mol. The summed E-state index contributed by atoms with van der Waals surface area (Å²) in [6.45, 7) is 7.09. The van der Waals surface area contributed by atoms with Gasteiger partial charge in [0.2, 0.25) is 0 Å². The number of hydrogen-bond donors (Lipinski definition) is 0. The molecule has 2 rings (SSSR count). The predicted octanol–water partition coefficient (Wildman–Crippen LogP) is 3.99. The minimum Gasteiger partial charge on any atom is -0.463 e. The van der Waals surface area contributed by atoms with Crippen LogP contribution in [0.3, 0.4) is 0 Å². The van der Waals surface area contributed by atoms with E-state index >= 15 is 0 Å². The standard InChI is InChI=1S/C25H34O7/c1-17-18(2)25(31-20(4)27)23(16-29-19(3)26)32-22(17)13-9-6-10-14-24(28)30-15-21-11-7-5-8-12-21/h5-9,11-12,17-18,22-23,25H,10,13-16H2,1-4H3/t17?,18-,22-,23?,25-/m1/s1. The maximum absolute atomic E-state index is 11.9. The maximum atomic E-state index is 11.9. The number of esters is 3. The van der Waals surface area contributed by atoms with Crippen LogP contribution >= 0.6 is 0 Å². The number of rotatable bonds is 10. The van der Waals surface area contributed by atoms with Crippen LogP contribution in [-0.4, -0.2) is 42.8 Å². The lowest BCUT2D eigenvalue weighted by Gasteiger charge is -2.43. The minimum atomic E-state index is -0.514. The van der Waals surface area contributed by atoms with E-state index in [1.165, 1.54) is 13.8 Å². The van der Waals surface area contributed by atoms with Gasteiger partial charge in [-0.15, -0.1) is 0 Å². The molecule has 0 bridgehead atoms. The van der Waals surface area contributed by atoms with Crippen LogP contribution in [-0.2, 0) is 39.9 Å². The summed E-state index contributed by atoms with van der Waals surface area (Å²) in [5.74, 6) is -0.854. The molecule has 0 radical (unpaired) electrons.